The minimum absolute atomic E-state index is 0.159. The molecule has 9 nitrogen and oxygen atoms in total. The number of benzene rings is 1. The van der Waals surface area contributed by atoms with Gasteiger partial charge in [-0.25, -0.2) is 14.2 Å². The summed E-state index contributed by atoms with van der Waals surface area (Å²) in [7, 11) is 0. The fourth-order valence-corrected chi connectivity index (χ4v) is 5.13. The number of morpholine rings is 1. The highest BCUT2D eigenvalue weighted by Crippen LogP contribution is 2.37. The average Bonchev–Trinajstić information content (AvgIpc) is 3.38. The lowest BCUT2D eigenvalue weighted by molar-refractivity contribution is -0.139. The summed E-state index contributed by atoms with van der Waals surface area (Å²) >= 11 is 4.84. The summed E-state index contributed by atoms with van der Waals surface area (Å²) in [6, 6.07) is 3.32. The number of thiazole rings is 1. The van der Waals surface area contributed by atoms with Gasteiger partial charge in [-0.3, -0.25) is 14.7 Å². The van der Waals surface area contributed by atoms with Crippen molar-refractivity contribution in [3.8, 4) is 0 Å². The predicted octanol–water partition coefficient (Wildman–Crippen LogP) is 2.83. The summed E-state index contributed by atoms with van der Waals surface area (Å²) in [6.07, 6.45) is 1.67. The van der Waals surface area contributed by atoms with Crippen LogP contribution in [0.1, 0.15) is 23.5 Å². The third kappa shape index (κ3) is 5.95. The number of carbonyl (C=O) groups excluding carboxylic acids is 2. The molecule has 0 bridgehead atoms. The van der Waals surface area contributed by atoms with Crippen molar-refractivity contribution in [3.05, 3.63) is 61.9 Å². The summed E-state index contributed by atoms with van der Waals surface area (Å²) in [5.41, 5.74) is 1.52. The van der Waals surface area contributed by atoms with Gasteiger partial charge in [-0.05, 0) is 24.6 Å². The fraction of sp³-hybridized carbons (Fsp3) is 0.391. The van der Waals surface area contributed by atoms with Crippen molar-refractivity contribution in [1.29, 1.82) is 0 Å². The Morgan fingerprint density at radius 1 is 1.46 bits per heavy atom. The molecule has 1 fully saturated rings. The van der Waals surface area contributed by atoms with E-state index in [0.29, 0.717) is 64.9 Å². The van der Waals surface area contributed by atoms with Gasteiger partial charge >= 0.3 is 5.97 Å². The van der Waals surface area contributed by atoms with Crippen molar-refractivity contribution in [2.45, 2.75) is 19.0 Å². The summed E-state index contributed by atoms with van der Waals surface area (Å²) in [5.74, 6) is -0.433. The third-order valence-electron chi connectivity index (χ3n) is 5.58. The van der Waals surface area contributed by atoms with Crippen molar-refractivity contribution in [1.82, 2.24) is 15.2 Å². The number of esters is 1. The summed E-state index contributed by atoms with van der Waals surface area (Å²) < 4.78 is 30.3. The molecule has 2 aromatic rings. The standard InChI is InChI=1S/C23H24BrFN4O5S/c1-2-34-23(31)19-18(10-29-6-7-32-11-15(29)12-33-13-30)27-21(22-26-5-8-35-22)28-20(19)16-4-3-14(25)9-17(16)24/h3-5,8-9,13,15,20H,2,6-7,10-12H2,1H3,(H,27,28). The zero-order valence-electron chi connectivity index (χ0n) is 18.9. The molecule has 4 rings (SSSR count). The van der Waals surface area contributed by atoms with Crippen molar-refractivity contribution in [3.63, 3.8) is 0 Å². The van der Waals surface area contributed by atoms with Gasteiger partial charge in [0.05, 0.1) is 31.4 Å². The topological polar surface area (TPSA) is 102 Å². The molecular weight excluding hydrogens is 543 g/mol. The Kier molecular flexibility index (Phi) is 8.60. The summed E-state index contributed by atoms with van der Waals surface area (Å²) in [4.78, 5) is 35.3. The fourth-order valence-electron chi connectivity index (χ4n) is 3.97. The van der Waals surface area contributed by atoms with Crippen LogP contribution in [0.25, 0.3) is 0 Å². The Morgan fingerprint density at radius 3 is 3.03 bits per heavy atom. The van der Waals surface area contributed by atoms with E-state index in [4.69, 9.17) is 19.2 Å². The van der Waals surface area contributed by atoms with E-state index in [1.54, 1.807) is 19.2 Å². The van der Waals surface area contributed by atoms with Gasteiger partial charge in [0.25, 0.3) is 6.47 Å². The Labute approximate surface area is 214 Å². The van der Waals surface area contributed by atoms with Crippen LogP contribution in [-0.4, -0.2) is 73.7 Å². The van der Waals surface area contributed by atoms with Crippen molar-refractivity contribution >= 4 is 45.5 Å². The lowest BCUT2D eigenvalue weighted by atomic mass is 9.95. The first-order valence-corrected chi connectivity index (χ1v) is 12.7. The van der Waals surface area contributed by atoms with Gasteiger partial charge in [-0.1, -0.05) is 22.0 Å². The van der Waals surface area contributed by atoms with Crippen LogP contribution < -0.4 is 5.32 Å². The number of ether oxygens (including phenoxy) is 3. The van der Waals surface area contributed by atoms with Crippen molar-refractivity contribution in [2.75, 3.05) is 39.5 Å². The number of hydrogen-bond donors (Lipinski definition) is 1. The maximum Gasteiger partial charge on any atom is 0.338 e. The van der Waals surface area contributed by atoms with Crippen LogP contribution in [0, 0.1) is 5.82 Å². The van der Waals surface area contributed by atoms with Crippen LogP contribution in [-0.2, 0) is 23.8 Å². The second-order valence-electron chi connectivity index (χ2n) is 7.75. The second-order valence-corrected chi connectivity index (χ2v) is 9.50. The van der Waals surface area contributed by atoms with E-state index >= 15 is 0 Å². The highest BCUT2D eigenvalue weighted by molar-refractivity contribution is 9.10. The molecule has 0 amide bonds. The molecule has 1 N–H and O–H groups in total. The summed E-state index contributed by atoms with van der Waals surface area (Å²) in [5, 5.41) is 5.78. The number of halogens is 2. The third-order valence-corrected chi connectivity index (χ3v) is 7.05. The van der Waals surface area contributed by atoms with E-state index in [-0.39, 0.29) is 19.3 Å². The van der Waals surface area contributed by atoms with Crippen LogP contribution >= 0.6 is 27.3 Å². The van der Waals surface area contributed by atoms with E-state index in [0.717, 1.165) is 0 Å². The molecule has 1 aromatic carbocycles. The number of carbonyl (C=O) groups is 2. The molecule has 2 aliphatic heterocycles. The number of aliphatic imine (C=N–C) groups is 1. The maximum absolute atomic E-state index is 13.9. The van der Waals surface area contributed by atoms with E-state index in [9.17, 15) is 14.0 Å². The number of amidine groups is 1. The number of hydrogen-bond acceptors (Lipinski definition) is 10. The molecule has 1 aromatic heterocycles. The van der Waals surface area contributed by atoms with Crippen molar-refractivity contribution in [2.24, 2.45) is 4.99 Å². The molecule has 2 unspecified atom stereocenters. The first kappa shape index (κ1) is 25.4. The van der Waals surface area contributed by atoms with Crippen LogP contribution in [0.15, 0.2) is 50.5 Å². The molecule has 1 saturated heterocycles. The lowest BCUT2D eigenvalue weighted by Crippen LogP contribution is -2.50. The lowest BCUT2D eigenvalue weighted by Gasteiger charge is -2.37. The van der Waals surface area contributed by atoms with Crippen LogP contribution in [0.5, 0.6) is 0 Å². The normalized spacial score (nSPS) is 20.7. The molecule has 186 valence electrons. The largest absolute Gasteiger partial charge is 0.466 e. The molecular formula is C23H24BrFN4O5S. The van der Waals surface area contributed by atoms with Crippen LogP contribution in [0.4, 0.5) is 4.39 Å². The smallest absolute Gasteiger partial charge is 0.338 e. The molecule has 0 spiro atoms. The van der Waals surface area contributed by atoms with Gasteiger partial charge in [0.1, 0.15) is 18.5 Å². The maximum atomic E-state index is 13.9. The van der Waals surface area contributed by atoms with E-state index in [2.05, 4.69) is 31.1 Å². The number of nitrogens with one attached hydrogen (secondary N) is 1. The van der Waals surface area contributed by atoms with E-state index in [1.807, 2.05) is 5.38 Å². The number of nitrogens with zero attached hydrogens (tertiary/aromatic N) is 3. The van der Waals surface area contributed by atoms with Gasteiger partial charge in [0.15, 0.2) is 10.8 Å². The molecule has 2 atom stereocenters. The number of aromatic nitrogens is 1. The van der Waals surface area contributed by atoms with Gasteiger partial charge < -0.3 is 19.5 Å². The zero-order chi connectivity index (χ0) is 24.8. The predicted molar refractivity (Wildman–Crippen MR) is 130 cm³/mol. The average molecular weight is 567 g/mol. The minimum atomic E-state index is -0.759. The minimum Gasteiger partial charge on any atom is -0.466 e. The van der Waals surface area contributed by atoms with Crippen LogP contribution in [0.2, 0.25) is 0 Å². The Morgan fingerprint density at radius 2 is 2.31 bits per heavy atom. The van der Waals surface area contributed by atoms with E-state index in [1.165, 1.54) is 23.5 Å². The van der Waals surface area contributed by atoms with Crippen molar-refractivity contribution < 1.29 is 28.2 Å². The molecule has 35 heavy (non-hydrogen) atoms. The second kappa shape index (κ2) is 11.8. The molecule has 0 saturated carbocycles. The summed E-state index contributed by atoms with van der Waals surface area (Å²) in [6.45, 7) is 4.26. The molecule has 3 heterocycles. The highest BCUT2D eigenvalue weighted by atomic mass is 79.9. The zero-order valence-corrected chi connectivity index (χ0v) is 21.3. The monoisotopic (exact) mass is 566 g/mol. The quantitative estimate of drug-likeness (QED) is 0.365. The molecule has 0 radical (unpaired) electrons. The molecule has 2 aliphatic rings. The van der Waals surface area contributed by atoms with Gasteiger partial charge in [0.2, 0.25) is 0 Å². The number of rotatable bonds is 9. The van der Waals surface area contributed by atoms with Gasteiger partial charge in [-0.2, -0.15) is 0 Å². The van der Waals surface area contributed by atoms with Gasteiger partial charge in [-0.15, -0.1) is 11.3 Å². The SMILES string of the molecule is CCOC(=O)C1=C(CN2CCOCC2COC=O)NC(c2nccs2)=NC1c1ccc(F)cc1Br. The van der Waals surface area contributed by atoms with Crippen LogP contribution in [0.3, 0.4) is 0 Å². The van der Waals surface area contributed by atoms with Gasteiger partial charge in [0, 0.05) is 34.8 Å². The molecule has 0 aliphatic carbocycles. The first-order chi connectivity index (χ1) is 17.0. The van der Waals surface area contributed by atoms with E-state index < -0.39 is 17.8 Å². The Balaban J connectivity index is 1.79. The first-order valence-electron chi connectivity index (χ1n) is 11.0. The Bertz CT molecular complexity index is 1130. The Hall–Kier alpha value is -2.67. The highest BCUT2D eigenvalue weighted by Gasteiger charge is 2.36. The molecule has 12 heteroatoms.